The number of piperazine rings is 1. The lowest BCUT2D eigenvalue weighted by atomic mass is 10.1. The Labute approximate surface area is 184 Å². The molecule has 31 heavy (non-hydrogen) atoms. The van der Waals surface area contributed by atoms with Crippen molar-refractivity contribution in [3.05, 3.63) is 52.3 Å². The van der Waals surface area contributed by atoms with Crippen molar-refractivity contribution < 1.29 is 9.18 Å². The minimum atomic E-state index is -0.216. The van der Waals surface area contributed by atoms with Crippen molar-refractivity contribution in [1.29, 1.82) is 0 Å². The van der Waals surface area contributed by atoms with Gasteiger partial charge in [0.2, 0.25) is 0 Å². The molecule has 0 radical (unpaired) electrons. The van der Waals surface area contributed by atoms with E-state index in [1.807, 2.05) is 31.2 Å². The van der Waals surface area contributed by atoms with Crippen LogP contribution in [0.15, 0.2) is 30.3 Å². The number of carbonyl (C=O) groups excluding carboxylic acids is 1. The molecule has 4 N–H and O–H groups in total. The normalized spacial score (nSPS) is 20.4. The number of aryl methyl sites for hydroxylation is 1. The number of thiophene rings is 1. The van der Waals surface area contributed by atoms with E-state index < -0.39 is 0 Å². The number of nitrogens with two attached hydrogens (primary N) is 1. The van der Waals surface area contributed by atoms with Crippen LogP contribution >= 0.6 is 11.3 Å². The highest BCUT2D eigenvalue weighted by Crippen LogP contribution is 2.32. The number of hydrogen-bond acceptors (Lipinski definition) is 6. The van der Waals surface area contributed by atoms with Gasteiger partial charge in [0.1, 0.15) is 15.5 Å². The van der Waals surface area contributed by atoms with E-state index in [1.54, 1.807) is 6.07 Å². The Balaban J connectivity index is 1.21. The first-order chi connectivity index (χ1) is 15.0. The van der Waals surface area contributed by atoms with E-state index in [4.69, 9.17) is 5.73 Å². The van der Waals surface area contributed by atoms with E-state index in [-0.39, 0.29) is 11.7 Å². The lowest BCUT2D eigenvalue weighted by molar-refractivity contribution is 0.0959. The van der Waals surface area contributed by atoms with Gasteiger partial charge in [-0.2, -0.15) is 0 Å². The number of fused-ring (bicyclic) bond motifs is 3. The van der Waals surface area contributed by atoms with Crippen molar-refractivity contribution >= 4 is 38.8 Å². The second-order valence-electron chi connectivity index (χ2n) is 8.48. The Morgan fingerprint density at radius 3 is 2.81 bits per heavy atom. The zero-order chi connectivity index (χ0) is 21.5. The van der Waals surface area contributed by atoms with Crippen molar-refractivity contribution in [1.82, 2.24) is 15.6 Å². The number of pyridine rings is 1. The Kier molecular flexibility index (Phi) is 5.27. The molecular weight excluding hydrogens is 413 g/mol. The number of benzene rings is 1. The number of aromatic nitrogens is 1. The number of nitrogens with zero attached hydrogens (tertiary/aromatic N) is 2. The van der Waals surface area contributed by atoms with Gasteiger partial charge < -0.3 is 21.3 Å². The number of nitrogen functional groups attached to an aromatic ring is 1. The van der Waals surface area contributed by atoms with Gasteiger partial charge in [0.15, 0.2) is 0 Å². The number of carbonyl (C=O) groups is 1. The zero-order valence-corrected chi connectivity index (χ0v) is 18.3. The quantitative estimate of drug-likeness (QED) is 0.569. The fraction of sp³-hybridized carbons (Fsp3) is 0.391. The van der Waals surface area contributed by atoms with Crippen LogP contribution < -0.4 is 21.3 Å². The van der Waals surface area contributed by atoms with E-state index in [0.29, 0.717) is 41.3 Å². The molecule has 2 atom stereocenters. The number of nitrogens with one attached hydrogen (secondary N) is 2. The van der Waals surface area contributed by atoms with Gasteiger partial charge in [-0.1, -0.05) is 6.07 Å². The van der Waals surface area contributed by atoms with Crippen molar-refractivity contribution in [2.75, 3.05) is 30.3 Å². The SMILES string of the molecule is Cc1ccc2c(N)c(C(=O)NCCc3ccc(N4CC5CCC(C4)N5)c(F)c3)sc2n1. The van der Waals surface area contributed by atoms with E-state index in [0.717, 1.165) is 34.6 Å². The summed E-state index contributed by atoms with van der Waals surface area (Å²) in [4.78, 5) is 20.4. The Hall–Kier alpha value is -2.71. The maximum Gasteiger partial charge on any atom is 0.263 e. The molecule has 2 saturated heterocycles. The first kappa shape index (κ1) is 20.2. The van der Waals surface area contributed by atoms with Gasteiger partial charge in [0.25, 0.3) is 5.91 Å². The van der Waals surface area contributed by atoms with Crippen LogP contribution in [0.4, 0.5) is 15.8 Å². The fourth-order valence-corrected chi connectivity index (χ4v) is 5.67. The Bertz CT molecular complexity index is 1130. The summed E-state index contributed by atoms with van der Waals surface area (Å²) in [5.41, 5.74) is 9.04. The molecule has 0 saturated carbocycles. The predicted molar refractivity (Wildman–Crippen MR) is 123 cm³/mol. The number of halogens is 1. The van der Waals surface area contributed by atoms with E-state index >= 15 is 0 Å². The molecule has 0 aliphatic carbocycles. The third-order valence-electron chi connectivity index (χ3n) is 6.21. The van der Waals surface area contributed by atoms with Gasteiger partial charge >= 0.3 is 0 Å². The highest BCUT2D eigenvalue weighted by molar-refractivity contribution is 7.21. The summed E-state index contributed by atoms with van der Waals surface area (Å²) in [6.45, 7) is 4.03. The summed E-state index contributed by atoms with van der Waals surface area (Å²) in [7, 11) is 0. The third kappa shape index (κ3) is 3.97. The molecule has 2 fully saturated rings. The molecule has 2 unspecified atom stereocenters. The van der Waals surface area contributed by atoms with Crippen LogP contribution in [-0.2, 0) is 6.42 Å². The summed E-state index contributed by atoms with van der Waals surface area (Å²) in [5, 5.41) is 7.28. The Morgan fingerprint density at radius 2 is 2.06 bits per heavy atom. The largest absolute Gasteiger partial charge is 0.397 e. The molecule has 1 amide bonds. The number of amides is 1. The van der Waals surface area contributed by atoms with Crippen LogP contribution in [0.5, 0.6) is 0 Å². The smallest absolute Gasteiger partial charge is 0.263 e. The van der Waals surface area contributed by atoms with Crippen molar-refractivity contribution in [3.8, 4) is 0 Å². The summed E-state index contributed by atoms with van der Waals surface area (Å²) < 4.78 is 14.8. The van der Waals surface area contributed by atoms with Crippen LogP contribution in [-0.4, -0.2) is 42.6 Å². The molecule has 2 bridgehead atoms. The van der Waals surface area contributed by atoms with Gasteiger partial charge in [-0.25, -0.2) is 9.37 Å². The maximum atomic E-state index is 14.8. The molecule has 162 valence electrons. The summed E-state index contributed by atoms with van der Waals surface area (Å²) in [6.07, 6.45) is 2.89. The summed E-state index contributed by atoms with van der Waals surface area (Å²) >= 11 is 1.30. The first-order valence-corrected chi connectivity index (χ1v) is 11.5. The van der Waals surface area contributed by atoms with Crippen LogP contribution in [0.3, 0.4) is 0 Å². The number of anilines is 2. The van der Waals surface area contributed by atoms with Gasteiger partial charge in [-0.05, 0) is 56.0 Å². The molecule has 2 aromatic heterocycles. The molecule has 4 heterocycles. The maximum absolute atomic E-state index is 14.8. The average Bonchev–Trinajstić information content (AvgIpc) is 3.26. The van der Waals surface area contributed by atoms with E-state index in [9.17, 15) is 9.18 Å². The van der Waals surface area contributed by atoms with Gasteiger partial charge in [0, 0.05) is 42.8 Å². The average molecular weight is 440 g/mol. The predicted octanol–water partition coefficient (Wildman–Crippen LogP) is 3.24. The topological polar surface area (TPSA) is 83.3 Å². The van der Waals surface area contributed by atoms with Crippen LogP contribution in [0.1, 0.15) is 33.8 Å². The summed E-state index contributed by atoms with van der Waals surface area (Å²) in [5.74, 6) is -0.410. The monoisotopic (exact) mass is 439 g/mol. The highest BCUT2D eigenvalue weighted by Gasteiger charge is 2.33. The molecule has 0 spiro atoms. The third-order valence-corrected chi connectivity index (χ3v) is 7.32. The van der Waals surface area contributed by atoms with Crippen molar-refractivity contribution in [2.24, 2.45) is 0 Å². The molecule has 6 nitrogen and oxygen atoms in total. The van der Waals surface area contributed by atoms with Gasteiger partial charge in [0.05, 0.1) is 11.4 Å². The van der Waals surface area contributed by atoms with Crippen LogP contribution in [0.2, 0.25) is 0 Å². The van der Waals surface area contributed by atoms with Gasteiger partial charge in [-0.3, -0.25) is 4.79 Å². The molecule has 2 aliphatic heterocycles. The van der Waals surface area contributed by atoms with E-state index in [1.165, 1.54) is 24.2 Å². The molecule has 1 aromatic carbocycles. The van der Waals surface area contributed by atoms with Crippen LogP contribution in [0, 0.1) is 12.7 Å². The van der Waals surface area contributed by atoms with E-state index in [2.05, 4.69) is 20.5 Å². The molecule has 3 aromatic rings. The Morgan fingerprint density at radius 1 is 1.29 bits per heavy atom. The second-order valence-corrected chi connectivity index (χ2v) is 9.48. The van der Waals surface area contributed by atoms with Crippen molar-refractivity contribution in [2.45, 2.75) is 38.3 Å². The standard InChI is InChI=1S/C23H26FN5OS/c1-13-2-6-17-20(25)21(31-23(17)27-13)22(30)26-9-8-14-3-7-19(18(24)10-14)29-11-15-4-5-16(12-29)28-15/h2-3,6-7,10,15-16,28H,4-5,8-9,11-12,25H2,1H3,(H,26,30). The second kappa shape index (κ2) is 8.09. The minimum Gasteiger partial charge on any atom is -0.397 e. The molecule has 5 rings (SSSR count). The minimum absolute atomic E-state index is 0.194. The first-order valence-electron chi connectivity index (χ1n) is 10.7. The molecule has 2 aliphatic rings. The highest BCUT2D eigenvalue weighted by atomic mass is 32.1. The summed E-state index contributed by atoms with van der Waals surface area (Å²) in [6, 6.07) is 10.1. The lowest BCUT2D eigenvalue weighted by Gasteiger charge is -2.34. The van der Waals surface area contributed by atoms with Crippen molar-refractivity contribution in [3.63, 3.8) is 0 Å². The fourth-order valence-electron chi connectivity index (χ4n) is 4.61. The van der Waals surface area contributed by atoms with Crippen LogP contribution in [0.25, 0.3) is 10.2 Å². The van der Waals surface area contributed by atoms with Gasteiger partial charge in [-0.15, -0.1) is 11.3 Å². The molecular formula is C23H26FN5OS. The molecule has 8 heteroatoms. The number of rotatable bonds is 5. The lowest BCUT2D eigenvalue weighted by Crippen LogP contribution is -2.51. The number of hydrogen-bond donors (Lipinski definition) is 3. The zero-order valence-electron chi connectivity index (χ0n) is 17.5.